The SMILES string of the molecule is COc1ccc(CSN2CCCN=C2Nc2ccccn2)cc1. The number of rotatable bonds is 5. The van der Waals surface area contributed by atoms with Crippen molar-refractivity contribution in [3.05, 3.63) is 54.2 Å². The highest BCUT2D eigenvalue weighted by molar-refractivity contribution is 7.96. The van der Waals surface area contributed by atoms with Crippen LogP contribution in [0.5, 0.6) is 5.75 Å². The molecule has 5 nitrogen and oxygen atoms in total. The molecule has 1 aromatic heterocycles. The van der Waals surface area contributed by atoms with Gasteiger partial charge in [-0.15, -0.1) is 0 Å². The quantitative estimate of drug-likeness (QED) is 0.852. The van der Waals surface area contributed by atoms with Crippen LogP contribution in [0.3, 0.4) is 0 Å². The molecule has 23 heavy (non-hydrogen) atoms. The molecule has 0 radical (unpaired) electrons. The molecule has 0 saturated carbocycles. The van der Waals surface area contributed by atoms with Crippen molar-refractivity contribution in [3.8, 4) is 5.75 Å². The number of anilines is 1. The van der Waals surface area contributed by atoms with Gasteiger partial charge < -0.3 is 10.1 Å². The van der Waals surface area contributed by atoms with E-state index in [-0.39, 0.29) is 0 Å². The predicted molar refractivity (Wildman–Crippen MR) is 95.8 cm³/mol. The first-order valence-corrected chi connectivity index (χ1v) is 8.55. The summed E-state index contributed by atoms with van der Waals surface area (Å²) in [5.41, 5.74) is 1.26. The lowest BCUT2D eigenvalue weighted by Gasteiger charge is -2.28. The van der Waals surface area contributed by atoms with Gasteiger partial charge in [-0.25, -0.2) is 4.98 Å². The van der Waals surface area contributed by atoms with Crippen LogP contribution in [0, 0.1) is 0 Å². The molecule has 3 rings (SSSR count). The molecule has 2 heterocycles. The Labute approximate surface area is 140 Å². The van der Waals surface area contributed by atoms with Crippen molar-refractivity contribution in [2.75, 3.05) is 25.5 Å². The van der Waals surface area contributed by atoms with E-state index >= 15 is 0 Å². The molecule has 1 N–H and O–H groups in total. The fourth-order valence-electron chi connectivity index (χ4n) is 2.24. The molecule has 2 aromatic rings. The van der Waals surface area contributed by atoms with Crippen LogP contribution in [-0.4, -0.2) is 35.4 Å². The molecule has 120 valence electrons. The monoisotopic (exact) mass is 328 g/mol. The Hall–Kier alpha value is -2.21. The molecular formula is C17H20N4OS. The maximum Gasteiger partial charge on any atom is 0.209 e. The van der Waals surface area contributed by atoms with Gasteiger partial charge in [-0.3, -0.25) is 9.30 Å². The number of hydrogen-bond donors (Lipinski definition) is 1. The second-order valence-corrected chi connectivity index (χ2v) is 6.11. The normalized spacial score (nSPS) is 14.3. The molecule has 0 fully saturated rings. The van der Waals surface area contributed by atoms with Crippen molar-refractivity contribution in [1.82, 2.24) is 9.29 Å². The largest absolute Gasteiger partial charge is 0.497 e. The Morgan fingerprint density at radius 1 is 1.22 bits per heavy atom. The van der Waals surface area contributed by atoms with E-state index in [0.29, 0.717) is 0 Å². The zero-order chi connectivity index (χ0) is 15.9. The molecular weight excluding hydrogens is 308 g/mol. The number of aliphatic imine (C=N–C) groups is 1. The fraction of sp³-hybridized carbons (Fsp3) is 0.294. The molecule has 1 aromatic carbocycles. The number of ether oxygens (including phenoxy) is 1. The van der Waals surface area contributed by atoms with Crippen LogP contribution in [0.15, 0.2) is 53.7 Å². The summed E-state index contributed by atoms with van der Waals surface area (Å²) in [6.07, 6.45) is 2.85. The maximum atomic E-state index is 5.19. The van der Waals surface area contributed by atoms with Crippen LogP contribution < -0.4 is 10.1 Å². The summed E-state index contributed by atoms with van der Waals surface area (Å²) in [4.78, 5) is 8.90. The summed E-state index contributed by atoms with van der Waals surface area (Å²) in [6.45, 7) is 1.84. The highest BCUT2D eigenvalue weighted by atomic mass is 32.2. The third kappa shape index (κ3) is 4.39. The summed E-state index contributed by atoms with van der Waals surface area (Å²) < 4.78 is 7.40. The van der Waals surface area contributed by atoms with Crippen LogP contribution in [0.2, 0.25) is 0 Å². The van der Waals surface area contributed by atoms with E-state index in [9.17, 15) is 0 Å². The molecule has 6 heteroatoms. The Morgan fingerprint density at radius 3 is 2.83 bits per heavy atom. The zero-order valence-corrected chi connectivity index (χ0v) is 13.9. The van der Waals surface area contributed by atoms with Gasteiger partial charge in [-0.1, -0.05) is 18.2 Å². The Bertz CT molecular complexity index is 645. The molecule has 0 aliphatic carbocycles. The average Bonchev–Trinajstić information content (AvgIpc) is 2.62. The van der Waals surface area contributed by atoms with Crippen LogP contribution >= 0.6 is 11.9 Å². The summed E-state index contributed by atoms with van der Waals surface area (Å²) in [7, 11) is 1.68. The maximum absolute atomic E-state index is 5.19. The lowest BCUT2D eigenvalue weighted by Crippen LogP contribution is -2.35. The summed E-state index contributed by atoms with van der Waals surface area (Å²) >= 11 is 1.76. The molecule has 1 aliphatic heterocycles. The van der Waals surface area contributed by atoms with E-state index in [2.05, 4.69) is 31.7 Å². The van der Waals surface area contributed by atoms with Crippen molar-refractivity contribution in [3.63, 3.8) is 0 Å². The van der Waals surface area contributed by atoms with Crippen molar-refractivity contribution in [1.29, 1.82) is 0 Å². The van der Waals surface area contributed by atoms with Crippen molar-refractivity contribution in [2.24, 2.45) is 4.99 Å². The molecule has 0 spiro atoms. The molecule has 0 bridgehead atoms. The number of aromatic nitrogens is 1. The zero-order valence-electron chi connectivity index (χ0n) is 13.1. The standard InChI is InChI=1S/C17H20N4OS/c1-22-15-8-6-14(7-9-15)13-23-21-12-4-11-19-17(21)20-16-5-2-3-10-18-16/h2-3,5-10H,4,11-13H2,1H3,(H,18,19,20). The molecule has 0 amide bonds. The van der Waals surface area contributed by atoms with Crippen molar-refractivity contribution in [2.45, 2.75) is 12.2 Å². The molecule has 0 unspecified atom stereocenters. The number of hydrogen-bond acceptors (Lipinski definition) is 6. The minimum absolute atomic E-state index is 0.822. The summed E-state index contributed by atoms with van der Waals surface area (Å²) in [6, 6.07) is 14.0. The summed E-state index contributed by atoms with van der Waals surface area (Å²) in [5, 5.41) is 3.31. The van der Waals surface area contributed by atoms with E-state index in [1.165, 1.54) is 5.56 Å². The Morgan fingerprint density at radius 2 is 2.09 bits per heavy atom. The van der Waals surface area contributed by atoms with E-state index < -0.39 is 0 Å². The number of methoxy groups -OCH3 is 1. The number of benzene rings is 1. The van der Waals surface area contributed by atoms with Gasteiger partial charge in [-0.05, 0) is 48.2 Å². The topological polar surface area (TPSA) is 49.8 Å². The smallest absolute Gasteiger partial charge is 0.209 e. The second kappa shape index (κ2) is 7.87. The van der Waals surface area contributed by atoms with Crippen molar-refractivity contribution < 1.29 is 4.74 Å². The minimum atomic E-state index is 0.822. The van der Waals surface area contributed by atoms with Crippen LogP contribution in [-0.2, 0) is 5.75 Å². The number of nitrogens with zero attached hydrogens (tertiary/aromatic N) is 3. The van der Waals surface area contributed by atoms with Gasteiger partial charge in [0.15, 0.2) is 0 Å². The lowest BCUT2D eigenvalue weighted by molar-refractivity contribution is 0.414. The predicted octanol–water partition coefficient (Wildman–Crippen LogP) is 3.41. The van der Waals surface area contributed by atoms with E-state index in [1.54, 1.807) is 25.3 Å². The van der Waals surface area contributed by atoms with E-state index in [1.807, 2.05) is 30.3 Å². The van der Waals surface area contributed by atoms with Gasteiger partial charge in [0.05, 0.1) is 7.11 Å². The minimum Gasteiger partial charge on any atom is -0.497 e. The van der Waals surface area contributed by atoms with Gasteiger partial charge in [-0.2, -0.15) is 0 Å². The van der Waals surface area contributed by atoms with E-state index in [4.69, 9.17) is 4.74 Å². The van der Waals surface area contributed by atoms with Gasteiger partial charge in [0, 0.05) is 25.0 Å². The fourth-order valence-corrected chi connectivity index (χ4v) is 3.22. The highest BCUT2D eigenvalue weighted by Crippen LogP contribution is 2.22. The molecule has 0 atom stereocenters. The Balaban J connectivity index is 1.60. The van der Waals surface area contributed by atoms with Crippen LogP contribution in [0.1, 0.15) is 12.0 Å². The van der Waals surface area contributed by atoms with Gasteiger partial charge in [0.2, 0.25) is 5.96 Å². The molecule has 1 aliphatic rings. The Kier molecular flexibility index (Phi) is 5.37. The summed E-state index contributed by atoms with van der Waals surface area (Å²) in [5.74, 6) is 3.49. The number of pyridine rings is 1. The lowest BCUT2D eigenvalue weighted by atomic mass is 10.2. The van der Waals surface area contributed by atoms with Gasteiger partial charge in [0.25, 0.3) is 0 Å². The van der Waals surface area contributed by atoms with Crippen LogP contribution in [0.25, 0.3) is 0 Å². The molecule has 0 saturated heterocycles. The number of nitrogens with one attached hydrogen (secondary N) is 1. The van der Waals surface area contributed by atoms with Crippen molar-refractivity contribution >= 4 is 23.7 Å². The van der Waals surface area contributed by atoms with E-state index in [0.717, 1.165) is 42.8 Å². The first-order valence-electron chi connectivity index (χ1n) is 7.61. The van der Waals surface area contributed by atoms with Gasteiger partial charge >= 0.3 is 0 Å². The highest BCUT2D eigenvalue weighted by Gasteiger charge is 2.16. The first-order chi connectivity index (χ1) is 11.3. The average molecular weight is 328 g/mol. The number of guanidine groups is 1. The van der Waals surface area contributed by atoms with Crippen LogP contribution in [0.4, 0.5) is 5.82 Å². The van der Waals surface area contributed by atoms with Gasteiger partial charge in [0.1, 0.15) is 11.6 Å². The third-order valence-electron chi connectivity index (χ3n) is 3.47. The third-order valence-corrected chi connectivity index (χ3v) is 4.60. The first kappa shape index (κ1) is 15.7. The second-order valence-electron chi connectivity index (χ2n) is 5.12.